The quantitative estimate of drug-likeness (QED) is 0.845. The Kier molecular flexibility index (Phi) is 5.42. The van der Waals surface area contributed by atoms with Crippen LogP contribution >= 0.6 is 0 Å². The van der Waals surface area contributed by atoms with Gasteiger partial charge in [-0.15, -0.1) is 0 Å². The normalized spacial score (nSPS) is 17.2. The van der Waals surface area contributed by atoms with E-state index in [-0.39, 0.29) is 29.3 Å². The van der Waals surface area contributed by atoms with Crippen molar-refractivity contribution in [3.8, 4) is 5.75 Å². The van der Waals surface area contributed by atoms with Gasteiger partial charge in [0.05, 0.1) is 23.2 Å². The first-order valence-electron chi connectivity index (χ1n) is 8.81. The average Bonchev–Trinajstić information content (AvgIpc) is 2.66. The van der Waals surface area contributed by atoms with Crippen LogP contribution in [-0.4, -0.2) is 39.1 Å². The monoisotopic (exact) mass is 402 g/mol. The molecule has 1 heterocycles. The van der Waals surface area contributed by atoms with Crippen LogP contribution in [0.15, 0.2) is 53.4 Å². The second-order valence-electron chi connectivity index (χ2n) is 6.78. The van der Waals surface area contributed by atoms with E-state index in [1.54, 1.807) is 43.3 Å². The predicted octanol–water partition coefficient (Wildman–Crippen LogP) is 2.08. The summed E-state index contributed by atoms with van der Waals surface area (Å²) in [7, 11) is -3.27. The lowest BCUT2D eigenvalue weighted by Crippen LogP contribution is -2.50. The van der Waals surface area contributed by atoms with E-state index in [0.29, 0.717) is 11.4 Å². The van der Waals surface area contributed by atoms with Crippen molar-refractivity contribution < 1.29 is 22.7 Å². The highest BCUT2D eigenvalue weighted by molar-refractivity contribution is 7.90. The number of ether oxygens (including phenoxy) is 1. The van der Waals surface area contributed by atoms with Gasteiger partial charge in [-0.1, -0.05) is 24.3 Å². The number of hydrogen-bond acceptors (Lipinski definition) is 5. The summed E-state index contributed by atoms with van der Waals surface area (Å²) in [6.45, 7) is 3.37. The van der Waals surface area contributed by atoms with Crippen LogP contribution in [-0.2, 0) is 19.4 Å². The molecule has 0 unspecified atom stereocenters. The van der Waals surface area contributed by atoms with Gasteiger partial charge in [0.2, 0.25) is 5.91 Å². The smallest absolute Gasteiger partial charge is 0.263 e. The Morgan fingerprint density at radius 1 is 1.14 bits per heavy atom. The standard InChI is InChI=1S/C20H22N2O5S/c1-13(15-8-10-16(11-9-15)28(3,25)26)21-20(24)19-12-22(14(2)23)17-6-4-5-7-18(17)27-19/h4-11,13,19H,12H2,1-3H3,(H,21,24)/t13-,19+/m0/s1. The van der Waals surface area contributed by atoms with Gasteiger partial charge in [0.25, 0.3) is 5.91 Å². The molecule has 1 aliphatic rings. The number of hydrogen-bond donors (Lipinski definition) is 1. The average molecular weight is 402 g/mol. The Labute approximate surface area is 164 Å². The van der Waals surface area contributed by atoms with Crippen LogP contribution in [0, 0.1) is 0 Å². The van der Waals surface area contributed by atoms with Crippen molar-refractivity contribution in [2.75, 3.05) is 17.7 Å². The minimum atomic E-state index is -3.27. The fourth-order valence-corrected chi connectivity index (χ4v) is 3.69. The second kappa shape index (κ2) is 7.63. The number of anilines is 1. The number of fused-ring (bicyclic) bond motifs is 1. The number of para-hydroxylation sites is 2. The highest BCUT2D eigenvalue weighted by Crippen LogP contribution is 2.33. The molecule has 2 amide bonds. The van der Waals surface area contributed by atoms with Gasteiger partial charge in [0.1, 0.15) is 5.75 Å². The van der Waals surface area contributed by atoms with Crippen LogP contribution in [0.2, 0.25) is 0 Å². The summed E-state index contributed by atoms with van der Waals surface area (Å²) in [6, 6.07) is 13.1. The van der Waals surface area contributed by atoms with Gasteiger partial charge in [-0.25, -0.2) is 8.42 Å². The van der Waals surface area contributed by atoms with E-state index in [1.807, 2.05) is 0 Å². The van der Waals surface area contributed by atoms with Crippen LogP contribution in [0.3, 0.4) is 0 Å². The van der Waals surface area contributed by atoms with E-state index in [4.69, 9.17) is 4.74 Å². The van der Waals surface area contributed by atoms with Crippen molar-refractivity contribution in [3.63, 3.8) is 0 Å². The number of benzene rings is 2. The maximum Gasteiger partial charge on any atom is 0.263 e. The lowest BCUT2D eigenvalue weighted by atomic mass is 10.1. The van der Waals surface area contributed by atoms with E-state index in [1.165, 1.54) is 24.0 Å². The number of carbonyl (C=O) groups is 2. The zero-order chi connectivity index (χ0) is 20.5. The summed E-state index contributed by atoms with van der Waals surface area (Å²) in [6.07, 6.45) is 0.309. The van der Waals surface area contributed by atoms with E-state index < -0.39 is 15.9 Å². The molecule has 0 fully saturated rings. The lowest BCUT2D eigenvalue weighted by Gasteiger charge is -2.34. The highest BCUT2D eigenvalue weighted by Gasteiger charge is 2.33. The largest absolute Gasteiger partial charge is 0.477 e. The first-order chi connectivity index (χ1) is 13.2. The molecule has 8 heteroatoms. The molecule has 2 aromatic rings. The van der Waals surface area contributed by atoms with E-state index in [0.717, 1.165) is 11.8 Å². The van der Waals surface area contributed by atoms with Crippen molar-refractivity contribution in [2.45, 2.75) is 30.9 Å². The molecule has 7 nitrogen and oxygen atoms in total. The van der Waals surface area contributed by atoms with E-state index in [2.05, 4.69) is 5.32 Å². The number of sulfone groups is 1. The maximum atomic E-state index is 12.7. The van der Waals surface area contributed by atoms with E-state index in [9.17, 15) is 18.0 Å². The van der Waals surface area contributed by atoms with Crippen molar-refractivity contribution in [2.24, 2.45) is 0 Å². The Balaban J connectivity index is 1.73. The van der Waals surface area contributed by atoms with Crippen LogP contribution in [0.4, 0.5) is 5.69 Å². The summed E-state index contributed by atoms with van der Waals surface area (Å²) >= 11 is 0. The first kappa shape index (κ1) is 19.9. The SMILES string of the molecule is CC(=O)N1C[C@H](C(=O)N[C@@H](C)c2ccc(S(C)(=O)=O)cc2)Oc2ccccc21. The maximum absolute atomic E-state index is 12.7. The van der Waals surface area contributed by atoms with Crippen LogP contribution in [0.1, 0.15) is 25.5 Å². The van der Waals surface area contributed by atoms with Crippen LogP contribution in [0.25, 0.3) is 0 Å². The van der Waals surface area contributed by atoms with E-state index >= 15 is 0 Å². The summed E-state index contributed by atoms with van der Waals surface area (Å²) in [5.41, 5.74) is 1.41. The molecule has 1 aliphatic heterocycles. The number of amides is 2. The zero-order valence-corrected chi connectivity index (χ0v) is 16.7. The minimum absolute atomic E-state index is 0.123. The molecule has 0 saturated heterocycles. The molecule has 0 bridgehead atoms. The molecule has 0 spiro atoms. The number of rotatable bonds is 4. The summed E-state index contributed by atoms with van der Waals surface area (Å²) in [5, 5.41) is 2.86. The van der Waals surface area contributed by atoms with Crippen molar-refractivity contribution in [1.82, 2.24) is 5.32 Å². The van der Waals surface area contributed by atoms with Gasteiger partial charge in [0, 0.05) is 13.2 Å². The molecule has 3 rings (SSSR count). The van der Waals surface area contributed by atoms with Crippen molar-refractivity contribution >= 4 is 27.3 Å². The predicted molar refractivity (Wildman–Crippen MR) is 105 cm³/mol. The molecule has 0 radical (unpaired) electrons. The fourth-order valence-electron chi connectivity index (χ4n) is 3.06. The molecule has 148 valence electrons. The molecule has 2 atom stereocenters. The van der Waals surface area contributed by atoms with Gasteiger partial charge < -0.3 is 15.0 Å². The molecule has 0 aliphatic carbocycles. The van der Waals surface area contributed by atoms with Crippen molar-refractivity contribution in [3.05, 3.63) is 54.1 Å². The molecule has 0 saturated carbocycles. The third kappa shape index (κ3) is 4.17. The molecular weight excluding hydrogens is 380 g/mol. The first-order valence-corrected chi connectivity index (χ1v) is 10.7. The molecule has 1 N–H and O–H groups in total. The summed E-state index contributed by atoms with van der Waals surface area (Å²) < 4.78 is 28.9. The Morgan fingerprint density at radius 3 is 2.39 bits per heavy atom. The molecule has 28 heavy (non-hydrogen) atoms. The highest BCUT2D eigenvalue weighted by atomic mass is 32.2. The Hall–Kier alpha value is -2.87. The molecule has 0 aromatic heterocycles. The van der Waals surface area contributed by atoms with Crippen LogP contribution in [0.5, 0.6) is 5.75 Å². The van der Waals surface area contributed by atoms with Gasteiger partial charge in [-0.2, -0.15) is 0 Å². The Morgan fingerprint density at radius 2 is 1.79 bits per heavy atom. The van der Waals surface area contributed by atoms with Crippen LogP contribution < -0.4 is 15.0 Å². The summed E-state index contributed by atoms with van der Waals surface area (Å²) in [5.74, 6) is -0.0346. The van der Waals surface area contributed by atoms with Gasteiger partial charge in [-0.05, 0) is 36.8 Å². The van der Waals surface area contributed by atoms with Gasteiger partial charge >= 0.3 is 0 Å². The minimum Gasteiger partial charge on any atom is -0.477 e. The number of nitrogens with one attached hydrogen (secondary N) is 1. The third-order valence-corrected chi connectivity index (χ3v) is 5.74. The summed E-state index contributed by atoms with van der Waals surface area (Å²) in [4.78, 5) is 26.4. The second-order valence-corrected chi connectivity index (χ2v) is 8.79. The number of nitrogens with zero attached hydrogens (tertiary/aromatic N) is 1. The Bertz CT molecular complexity index is 1000. The lowest BCUT2D eigenvalue weighted by molar-refractivity contribution is -0.129. The zero-order valence-electron chi connectivity index (χ0n) is 15.9. The van der Waals surface area contributed by atoms with Gasteiger partial charge in [-0.3, -0.25) is 9.59 Å². The number of carbonyl (C=O) groups excluding carboxylic acids is 2. The van der Waals surface area contributed by atoms with Gasteiger partial charge in [0.15, 0.2) is 15.9 Å². The fraction of sp³-hybridized carbons (Fsp3) is 0.300. The third-order valence-electron chi connectivity index (χ3n) is 4.61. The van der Waals surface area contributed by atoms with Crippen molar-refractivity contribution in [1.29, 1.82) is 0 Å². The molecular formula is C20H22N2O5S. The topological polar surface area (TPSA) is 92.8 Å². The molecule has 2 aromatic carbocycles.